The highest BCUT2D eigenvalue weighted by Crippen LogP contribution is 2.26. The van der Waals surface area contributed by atoms with E-state index in [0.717, 1.165) is 16.9 Å². The third-order valence-corrected chi connectivity index (χ3v) is 2.98. The first-order valence-corrected chi connectivity index (χ1v) is 6.94. The first-order chi connectivity index (χ1) is 9.29. The Labute approximate surface area is 119 Å². The summed E-state index contributed by atoms with van der Waals surface area (Å²) in [5.41, 5.74) is 1.75. The van der Waals surface area contributed by atoms with E-state index in [1.54, 1.807) is 0 Å². The molecule has 2 aromatic rings. The van der Waals surface area contributed by atoms with Crippen LogP contribution in [0.25, 0.3) is 11.0 Å². The first kappa shape index (κ1) is 14.6. The maximum atomic E-state index is 12.0. The molecule has 0 atom stereocenters. The summed E-state index contributed by atoms with van der Waals surface area (Å²) in [7, 11) is 0. The van der Waals surface area contributed by atoms with Gasteiger partial charge in [0.15, 0.2) is 0 Å². The normalized spacial score (nSPS) is 12.1. The highest BCUT2D eigenvalue weighted by Gasteiger charge is 2.24. The zero-order valence-electron chi connectivity index (χ0n) is 12.8. The van der Waals surface area contributed by atoms with Gasteiger partial charge in [-0.25, -0.2) is 4.98 Å². The largest absolute Gasteiger partial charge is 0.462 e. The van der Waals surface area contributed by atoms with Crippen molar-refractivity contribution in [3.63, 3.8) is 0 Å². The number of fused-ring (bicyclic) bond motifs is 1. The molecule has 1 aromatic carbocycles. The summed E-state index contributed by atoms with van der Waals surface area (Å²) in [5, 5.41) is 0. The van der Waals surface area contributed by atoms with Crippen molar-refractivity contribution in [3.8, 4) is 0 Å². The Hall–Kier alpha value is -1.84. The van der Waals surface area contributed by atoms with Gasteiger partial charge in [-0.1, -0.05) is 32.9 Å². The zero-order chi connectivity index (χ0) is 14.9. The number of imidazole rings is 1. The fourth-order valence-corrected chi connectivity index (χ4v) is 2.24. The lowest BCUT2D eigenvalue weighted by atomic mass is 9.95. The number of carbonyl (C=O) groups excluding carboxylic acids is 1. The number of aromatic nitrogens is 2. The molecular weight excluding hydrogens is 252 g/mol. The van der Waals surface area contributed by atoms with Crippen LogP contribution < -0.4 is 0 Å². The van der Waals surface area contributed by atoms with E-state index in [9.17, 15) is 4.79 Å². The molecule has 0 unspecified atom stereocenters. The van der Waals surface area contributed by atoms with Crippen LogP contribution in [0.3, 0.4) is 0 Å². The summed E-state index contributed by atoms with van der Waals surface area (Å²) < 4.78 is 7.21. The van der Waals surface area contributed by atoms with Crippen molar-refractivity contribution >= 4 is 17.0 Å². The molecule has 0 bridgehead atoms. The lowest BCUT2D eigenvalue weighted by molar-refractivity contribution is -0.148. The van der Waals surface area contributed by atoms with Gasteiger partial charge in [0.25, 0.3) is 0 Å². The van der Waals surface area contributed by atoms with Gasteiger partial charge < -0.3 is 9.30 Å². The molecule has 20 heavy (non-hydrogen) atoms. The standard InChI is InChI=1S/C16H22N2O2/c1-11(2)20-14(19)10-18-13-9-7-6-8-12(13)17-15(18)16(3,4)5/h6-9,11H,10H2,1-5H3. The average molecular weight is 274 g/mol. The molecule has 0 N–H and O–H groups in total. The molecule has 0 spiro atoms. The van der Waals surface area contributed by atoms with E-state index in [2.05, 4.69) is 25.8 Å². The SMILES string of the molecule is CC(C)OC(=O)Cn1c(C(C)(C)C)nc2ccccc21. The zero-order valence-corrected chi connectivity index (χ0v) is 12.8. The van der Waals surface area contributed by atoms with E-state index in [-0.39, 0.29) is 24.0 Å². The molecule has 0 aliphatic rings. The number of hydrogen-bond acceptors (Lipinski definition) is 3. The number of rotatable bonds is 3. The summed E-state index contributed by atoms with van der Waals surface area (Å²) in [5.74, 6) is 0.674. The lowest BCUT2D eigenvalue weighted by Gasteiger charge is -2.20. The smallest absolute Gasteiger partial charge is 0.326 e. The lowest BCUT2D eigenvalue weighted by Crippen LogP contribution is -2.24. The van der Waals surface area contributed by atoms with Gasteiger partial charge in [0.05, 0.1) is 17.1 Å². The molecular formula is C16H22N2O2. The second-order valence-electron chi connectivity index (χ2n) is 6.30. The van der Waals surface area contributed by atoms with Crippen molar-refractivity contribution in [3.05, 3.63) is 30.1 Å². The van der Waals surface area contributed by atoms with Crippen LogP contribution in [0.2, 0.25) is 0 Å². The van der Waals surface area contributed by atoms with Gasteiger partial charge >= 0.3 is 5.97 Å². The van der Waals surface area contributed by atoms with Gasteiger partial charge in [-0.15, -0.1) is 0 Å². The molecule has 0 amide bonds. The molecule has 4 heteroatoms. The summed E-state index contributed by atoms with van der Waals surface area (Å²) in [6.07, 6.45) is -0.102. The van der Waals surface area contributed by atoms with Crippen molar-refractivity contribution < 1.29 is 9.53 Å². The molecule has 0 aliphatic carbocycles. The van der Waals surface area contributed by atoms with E-state index in [1.807, 2.05) is 42.7 Å². The Morgan fingerprint density at radius 2 is 1.95 bits per heavy atom. The fourth-order valence-electron chi connectivity index (χ4n) is 2.24. The Bertz CT molecular complexity index is 621. The van der Waals surface area contributed by atoms with Crippen LogP contribution in [0.5, 0.6) is 0 Å². The number of ether oxygens (including phenoxy) is 1. The summed E-state index contributed by atoms with van der Waals surface area (Å²) in [6.45, 7) is 10.2. The third kappa shape index (κ3) is 3.00. The molecule has 2 rings (SSSR count). The highest BCUT2D eigenvalue weighted by molar-refractivity contribution is 5.79. The Kier molecular flexibility index (Phi) is 3.84. The van der Waals surface area contributed by atoms with Crippen LogP contribution in [0.15, 0.2) is 24.3 Å². The quantitative estimate of drug-likeness (QED) is 0.807. The number of benzene rings is 1. The van der Waals surface area contributed by atoms with Crippen molar-refractivity contribution in [2.75, 3.05) is 0 Å². The maximum absolute atomic E-state index is 12.0. The molecule has 0 aliphatic heterocycles. The molecule has 1 aromatic heterocycles. The topological polar surface area (TPSA) is 44.1 Å². The summed E-state index contributed by atoms with van der Waals surface area (Å²) in [4.78, 5) is 16.6. The maximum Gasteiger partial charge on any atom is 0.326 e. The minimum absolute atomic E-state index is 0.102. The van der Waals surface area contributed by atoms with E-state index in [0.29, 0.717) is 0 Å². The van der Waals surface area contributed by atoms with E-state index < -0.39 is 0 Å². The van der Waals surface area contributed by atoms with Crippen molar-refractivity contribution in [1.82, 2.24) is 9.55 Å². The minimum atomic E-state index is -0.228. The predicted molar refractivity (Wildman–Crippen MR) is 79.7 cm³/mol. The number of carbonyl (C=O) groups is 1. The number of para-hydroxylation sites is 2. The van der Waals surface area contributed by atoms with Gasteiger partial charge in [0, 0.05) is 5.41 Å². The molecule has 108 valence electrons. The molecule has 0 fully saturated rings. The summed E-state index contributed by atoms with van der Waals surface area (Å²) >= 11 is 0. The Morgan fingerprint density at radius 3 is 2.55 bits per heavy atom. The van der Waals surface area contributed by atoms with Gasteiger partial charge in [-0.2, -0.15) is 0 Å². The van der Waals surface area contributed by atoms with Crippen LogP contribution in [0.4, 0.5) is 0 Å². The van der Waals surface area contributed by atoms with Crippen molar-refractivity contribution in [2.45, 2.75) is 52.7 Å². The van der Waals surface area contributed by atoms with Gasteiger partial charge in [-0.05, 0) is 26.0 Å². The number of hydrogen-bond donors (Lipinski definition) is 0. The van der Waals surface area contributed by atoms with Crippen LogP contribution in [-0.2, 0) is 21.5 Å². The number of esters is 1. The predicted octanol–water partition coefficient (Wildman–Crippen LogP) is 3.29. The molecule has 1 heterocycles. The van der Waals surface area contributed by atoms with Crippen molar-refractivity contribution in [1.29, 1.82) is 0 Å². The number of nitrogens with zero attached hydrogens (tertiary/aromatic N) is 2. The van der Waals surface area contributed by atoms with Crippen molar-refractivity contribution in [2.24, 2.45) is 0 Å². The first-order valence-electron chi connectivity index (χ1n) is 6.94. The average Bonchev–Trinajstić information content (AvgIpc) is 2.67. The molecule has 0 saturated heterocycles. The Morgan fingerprint density at radius 1 is 1.30 bits per heavy atom. The van der Waals surface area contributed by atoms with E-state index in [4.69, 9.17) is 4.74 Å². The van der Waals surface area contributed by atoms with Crippen LogP contribution in [0, 0.1) is 0 Å². The van der Waals surface area contributed by atoms with E-state index >= 15 is 0 Å². The van der Waals surface area contributed by atoms with Crippen LogP contribution in [0.1, 0.15) is 40.4 Å². The Balaban J connectivity index is 2.46. The monoisotopic (exact) mass is 274 g/mol. The highest BCUT2D eigenvalue weighted by atomic mass is 16.5. The second-order valence-corrected chi connectivity index (χ2v) is 6.30. The molecule has 0 saturated carbocycles. The van der Waals surface area contributed by atoms with Crippen LogP contribution >= 0.6 is 0 Å². The van der Waals surface area contributed by atoms with E-state index in [1.165, 1.54) is 0 Å². The summed E-state index contributed by atoms with van der Waals surface area (Å²) in [6, 6.07) is 7.87. The van der Waals surface area contributed by atoms with Gasteiger partial charge in [0.2, 0.25) is 0 Å². The second kappa shape index (κ2) is 5.27. The fraction of sp³-hybridized carbons (Fsp3) is 0.500. The van der Waals surface area contributed by atoms with Gasteiger partial charge in [-0.3, -0.25) is 4.79 Å². The molecule has 4 nitrogen and oxygen atoms in total. The molecule has 0 radical (unpaired) electrons. The minimum Gasteiger partial charge on any atom is -0.462 e. The third-order valence-electron chi connectivity index (χ3n) is 2.98. The van der Waals surface area contributed by atoms with Crippen LogP contribution in [-0.4, -0.2) is 21.6 Å². The van der Waals surface area contributed by atoms with Gasteiger partial charge in [0.1, 0.15) is 12.4 Å².